The van der Waals surface area contributed by atoms with Crippen LogP contribution in [-0.2, 0) is 10.9 Å². The molecule has 17 heteroatoms. The second-order valence-electron chi connectivity index (χ2n) is 12.6. The predicted octanol–water partition coefficient (Wildman–Crippen LogP) is 4.17. The van der Waals surface area contributed by atoms with E-state index in [2.05, 4.69) is 20.3 Å². The summed E-state index contributed by atoms with van der Waals surface area (Å²) in [6, 6.07) is -0.131. The zero-order valence-corrected chi connectivity index (χ0v) is 25.5. The largest absolute Gasteiger partial charge is 0.472 e. The van der Waals surface area contributed by atoms with Gasteiger partial charge in [0.1, 0.15) is 40.9 Å². The van der Waals surface area contributed by atoms with E-state index in [0.29, 0.717) is 52.0 Å². The summed E-state index contributed by atoms with van der Waals surface area (Å²) in [4.78, 5) is 16.7. The molecule has 0 amide bonds. The number of fused-ring (bicyclic) bond motifs is 2. The first-order valence-corrected chi connectivity index (χ1v) is 15.2. The Morgan fingerprint density at radius 2 is 1.83 bits per heavy atom. The molecule has 2 saturated heterocycles. The molecule has 0 spiro atoms. The van der Waals surface area contributed by atoms with Crippen LogP contribution in [0.2, 0.25) is 0 Å². The number of nitrogens with one attached hydrogen (secondary N) is 1. The van der Waals surface area contributed by atoms with Gasteiger partial charge in [-0.05, 0) is 25.5 Å². The number of halogens is 7. The summed E-state index contributed by atoms with van der Waals surface area (Å²) in [6.45, 7) is 5.29. The molecule has 4 aliphatic rings. The number of alkyl halides is 5. The molecule has 10 nitrogen and oxygen atoms in total. The van der Waals surface area contributed by atoms with Crippen molar-refractivity contribution in [3.8, 4) is 23.1 Å². The number of hydrogen-bond donors (Lipinski definition) is 2. The summed E-state index contributed by atoms with van der Waals surface area (Å²) >= 11 is 0. The van der Waals surface area contributed by atoms with Gasteiger partial charge in [-0.2, -0.15) is 23.1 Å². The van der Waals surface area contributed by atoms with Crippen molar-refractivity contribution < 1.29 is 44.9 Å². The second-order valence-corrected chi connectivity index (χ2v) is 12.6. The number of nitrogens with two attached hydrogens (primary N) is 1. The summed E-state index contributed by atoms with van der Waals surface area (Å²) in [5.41, 5.74) is -0.889. The van der Waals surface area contributed by atoms with Gasteiger partial charge in [-0.3, -0.25) is 4.90 Å². The van der Waals surface area contributed by atoms with E-state index in [1.807, 2.05) is 9.80 Å². The van der Waals surface area contributed by atoms with Crippen molar-refractivity contribution in [1.29, 1.82) is 0 Å². The first-order chi connectivity index (χ1) is 22.2. The fourth-order valence-electron chi connectivity index (χ4n) is 6.82. The van der Waals surface area contributed by atoms with Crippen molar-refractivity contribution >= 4 is 22.4 Å². The van der Waals surface area contributed by atoms with Gasteiger partial charge in [0.2, 0.25) is 5.88 Å². The van der Waals surface area contributed by atoms with Gasteiger partial charge < -0.3 is 30.2 Å². The Morgan fingerprint density at radius 3 is 2.51 bits per heavy atom. The van der Waals surface area contributed by atoms with E-state index in [0.717, 1.165) is 6.92 Å². The lowest BCUT2D eigenvalue weighted by Gasteiger charge is -2.38. The van der Waals surface area contributed by atoms with Crippen LogP contribution >= 0.6 is 0 Å². The SMILES string of the molecule is Cc1c(F)c(N)cc(-c2nc3c4c(nc(OC[C@@]5(CN6CCOCC6)CC5(F)F)nc4c2F)N2CCNC[C@H]2[C@H](C)O3)c1C(F)(F)F. The van der Waals surface area contributed by atoms with E-state index in [4.69, 9.17) is 19.9 Å². The molecule has 3 N–H and O–H groups in total. The van der Waals surface area contributed by atoms with Gasteiger partial charge >= 0.3 is 12.2 Å². The second kappa shape index (κ2) is 11.2. The quantitative estimate of drug-likeness (QED) is 0.293. The molecule has 5 heterocycles. The summed E-state index contributed by atoms with van der Waals surface area (Å²) in [5, 5.41) is 3.23. The topological polar surface area (TPSA) is 111 Å². The van der Waals surface area contributed by atoms with E-state index in [9.17, 15) is 26.3 Å². The molecular formula is C30H32F7N7O3. The van der Waals surface area contributed by atoms with Crippen molar-refractivity contribution in [2.75, 3.05) is 69.7 Å². The molecule has 254 valence electrons. The van der Waals surface area contributed by atoms with Crippen LogP contribution in [0.1, 0.15) is 24.5 Å². The number of aromatic nitrogens is 3. The number of nitrogens with zero attached hydrogens (tertiary/aromatic N) is 5. The number of morpholine rings is 1. The molecule has 0 radical (unpaired) electrons. The van der Waals surface area contributed by atoms with E-state index in [1.165, 1.54) is 0 Å². The lowest BCUT2D eigenvalue weighted by atomic mass is 9.96. The molecule has 2 aromatic heterocycles. The Kier molecular flexibility index (Phi) is 7.59. The average Bonchev–Trinajstić information content (AvgIpc) is 3.60. The first kappa shape index (κ1) is 31.9. The smallest absolute Gasteiger partial charge is 0.417 e. The van der Waals surface area contributed by atoms with Crippen molar-refractivity contribution in [3.05, 3.63) is 28.8 Å². The van der Waals surface area contributed by atoms with E-state index in [1.54, 1.807) is 6.92 Å². The summed E-state index contributed by atoms with van der Waals surface area (Å²) in [5.74, 6) is -5.71. The molecule has 3 atom stereocenters. The Balaban J connectivity index is 1.38. The summed E-state index contributed by atoms with van der Waals surface area (Å²) in [7, 11) is 0. The minimum Gasteiger partial charge on any atom is -0.472 e. The Bertz CT molecular complexity index is 1740. The maximum Gasteiger partial charge on any atom is 0.417 e. The molecule has 1 aliphatic carbocycles. The summed E-state index contributed by atoms with van der Waals surface area (Å²) < 4.78 is 121. The number of rotatable bonds is 6. The van der Waals surface area contributed by atoms with Crippen LogP contribution in [0.3, 0.4) is 0 Å². The number of pyridine rings is 1. The Hall–Kier alpha value is -3.70. The monoisotopic (exact) mass is 671 g/mol. The zero-order chi connectivity index (χ0) is 33.5. The Morgan fingerprint density at radius 1 is 1.11 bits per heavy atom. The van der Waals surface area contributed by atoms with E-state index in [-0.39, 0.29) is 29.7 Å². The van der Waals surface area contributed by atoms with Crippen molar-refractivity contribution in [3.63, 3.8) is 0 Å². The third-order valence-electron chi connectivity index (χ3n) is 9.49. The number of hydrogen-bond acceptors (Lipinski definition) is 10. The molecule has 7 rings (SSSR count). The molecule has 0 bridgehead atoms. The van der Waals surface area contributed by atoms with Crippen molar-refractivity contribution in [2.45, 2.75) is 44.5 Å². The van der Waals surface area contributed by atoms with Crippen molar-refractivity contribution in [1.82, 2.24) is 25.2 Å². The lowest BCUT2D eigenvalue weighted by molar-refractivity contribution is -0.137. The highest BCUT2D eigenvalue weighted by Gasteiger charge is 2.72. The predicted molar refractivity (Wildman–Crippen MR) is 156 cm³/mol. The minimum atomic E-state index is -5.11. The summed E-state index contributed by atoms with van der Waals surface area (Å²) in [6.07, 6.45) is -6.15. The zero-order valence-electron chi connectivity index (χ0n) is 25.5. The Labute approximate surface area is 264 Å². The molecule has 3 aliphatic heterocycles. The van der Waals surface area contributed by atoms with Gasteiger partial charge in [-0.15, -0.1) is 0 Å². The number of nitrogen functional groups attached to an aromatic ring is 1. The van der Waals surface area contributed by atoms with Gasteiger partial charge in [0, 0.05) is 51.3 Å². The van der Waals surface area contributed by atoms with Crippen molar-refractivity contribution in [2.24, 2.45) is 5.41 Å². The molecular weight excluding hydrogens is 639 g/mol. The standard InChI is InChI=1S/C30H32F7N7O3/c1-14-20(30(35,36)37)16(9-17(38)21(14)31)23-22(32)24-19-25(44-4-3-39-10-18(44)15(2)47-26(19)40-23)42-27(41-24)46-13-28(11-29(28,33)34)12-43-5-7-45-8-6-43/h9,15,18,39H,3-8,10-13,38H2,1-2H3/t15-,18-,28-/m0/s1. The number of anilines is 2. The van der Waals surface area contributed by atoms with Crippen LogP contribution in [0.15, 0.2) is 6.07 Å². The highest BCUT2D eigenvalue weighted by Crippen LogP contribution is 2.61. The van der Waals surface area contributed by atoms with E-state index >= 15 is 4.39 Å². The molecule has 1 saturated carbocycles. The maximum atomic E-state index is 16.6. The van der Waals surface area contributed by atoms with Crippen LogP contribution in [0.5, 0.6) is 11.9 Å². The normalized spacial score (nSPS) is 25.7. The fraction of sp³-hybridized carbons (Fsp3) is 0.567. The maximum absolute atomic E-state index is 16.6. The fourth-order valence-corrected chi connectivity index (χ4v) is 6.82. The number of piperazine rings is 1. The van der Waals surface area contributed by atoms with Crippen LogP contribution in [0, 0.1) is 24.0 Å². The molecule has 0 unspecified atom stereocenters. The van der Waals surface area contributed by atoms with E-state index < -0.39 is 87.9 Å². The van der Waals surface area contributed by atoms with Gasteiger partial charge in [0.05, 0.1) is 35.9 Å². The van der Waals surface area contributed by atoms with Gasteiger partial charge in [-0.1, -0.05) is 0 Å². The number of benzene rings is 1. The number of ether oxygens (including phenoxy) is 3. The molecule has 47 heavy (non-hydrogen) atoms. The van der Waals surface area contributed by atoms with Crippen LogP contribution in [0.4, 0.5) is 42.2 Å². The highest BCUT2D eigenvalue weighted by molar-refractivity contribution is 5.97. The van der Waals surface area contributed by atoms with Crippen LogP contribution in [0.25, 0.3) is 22.2 Å². The van der Waals surface area contributed by atoms with Crippen LogP contribution < -0.4 is 25.4 Å². The third-order valence-corrected chi connectivity index (χ3v) is 9.49. The first-order valence-electron chi connectivity index (χ1n) is 15.2. The molecule has 1 aromatic carbocycles. The average molecular weight is 672 g/mol. The van der Waals surface area contributed by atoms with Gasteiger partial charge in [-0.25, -0.2) is 22.5 Å². The highest BCUT2D eigenvalue weighted by atomic mass is 19.4. The molecule has 3 aromatic rings. The van der Waals surface area contributed by atoms with Gasteiger partial charge in [0.15, 0.2) is 5.82 Å². The lowest BCUT2D eigenvalue weighted by Crippen LogP contribution is -2.56. The molecule has 3 fully saturated rings. The minimum absolute atomic E-state index is 0.0185. The third kappa shape index (κ3) is 5.35. The van der Waals surface area contributed by atoms with Gasteiger partial charge in [0.25, 0.3) is 5.92 Å². The van der Waals surface area contributed by atoms with Crippen LogP contribution in [-0.4, -0.2) is 97.0 Å².